The third kappa shape index (κ3) is 18.5. The molecule has 4 rings (SSSR count). The largest absolute Gasteiger partial charge is 0.466 e. The van der Waals surface area contributed by atoms with Gasteiger partial charge in [-0.15, -0.1) is 23.5 Å². The summed E-state index contributed by atoms with van der Waals surface area (Å²) < 4.78 is 12.4. The first-order valence-electron chi connectivity index (χ1n) is 22.4. The first-order chi connectivity index (χ1) is 25.4. The second-order valence-corrected chi connectivity index (χ2v) is 20.0. The lowest BCUT2D eigenvalue weighted by Gasteiger charge is -2.58. The molecule has 0 aromatic heterocycles. The Morgan fingerprint density at radius 1 is 0.731 bits per heavy atom. The lowest BCUT2D eigenvalue weighted by molar-refractivity contribution is -0.149. The van der Waals surface area contributed by atoms with E-state index in [0.29, 0.717) is 36.6 Å². The van der Waals surface area contributed by atoms with Gasteiger partial charge in [0.2, 0.25) is 0 Å². The molecule has 0 amide bonds. The summed E-state index contributed by atoms with van der Waals surface area (Å²) in [6.45, 7) is 8.77. The second kappa shape index (κ2) is 28.0. The van der Waals surface area contributed by atoms with Gasteiger partial charge in [-0.3, -0.25) is 9.59 Å². The predicted molar refractivity (Wildman–Crippen MR) is 223 cm³/mol. The van der Waals surface area contributed by atoms with Gasteiger partial charge in [0.25, 0.3) is 0 Å². The quantitative estimate of drug-likeness (QED) is 0.0914. The molecule has 52 heavy (non-hydrogen) atoms. The van der Waals surface area contributed by atoms with Crippen molar-refractivity contribution in [2.75, 3.05) is 45.2 Å². The number of carbonyl (C=O) groups excluding carboxylic acids is 2. The minimum atomic E-state index is -0.0293. The minimum Gasteiger partial charge on any atom is -0.466 e. The number of thioether (sulfide) groups is 2. The van der Waals surface area contributed by atoms with E-state index in [2.05, 4.69) is 42.3 Å². The molecular formula is C44H81NO5S2. The lowest BCUT2D eigenvalue weighted by atomic mass is 9.54. The summed E-state index contributed by atoms with van der Waals surface area (Å²) in [6.07, 6.45) is 33.3. The Morgan fingerprint density at radius 2 is 1.33 bits per heavy atom. The number of cyclic esters (lactones) is 2. The number of aliphatic hydroxyl groups excluding tert-OH is 1. The third-order valence-corrected chi connectivity index (χ3v) is 15.8. The number of hydrogen-bond acceptors (Lipinski definition) is 8. The number of rotatable bonds is 21. The van der Waals surface area contributed by atoms with Crippen molar-refractivity contribution in [3.05, 3.63) is 0 Å². The fraction of sp³-hybridized carbons (Fsp3) is 0.955. The van der Waals surface area contributed by atoms with Crippen molar-refractivity contribution in [1.82, 2.24) is 4.90 Å². The Hall–Kier alpha value is -0.440. The standard InChI is InChI=1S/C44H81NO5S2/c1-3-5-7-9-11-13-15-27-44-38-43(28-25-39(44)26-29-43)37-41(48)50-35-21-18-32-45(30-16-19-33-46)31-17-20-34-49-40(47)23-24-42(52-44)51-36-22-14-12-10-8-6-4-2/h39,42,46H,3-38H2,1-2H3. The zero-order chi connectivity index (χ0) is 37.2. The molecule has 1 saturated heterocycles. The van der Waals surface area contributed by atoms with Crippen LogP contribution < -0.4 is 0 Å². The summed E-state index contributed by atoms with van der Waals surface area (Å²) >= 11 is 4.36. The highest BCUT2D eigenvalue weighted by molar-refractivity contribution is 8.17. The Bertz CT molecular complexity index is 928. The molecule has 1 spiro atoms. The van der Waals surface area contributed by atoms with Crippen LogP contribution in [0.5, 0.6) is 0 Å². The molecule has 0 aromatic carbocycles. The second-order valence-electron chi connectivity index (χ2n) is 16.8. The molecule has 8 heteroatoms. The third-order valence-electron chi connectivity index (χ3n) is 12.3. The number of unbranched alkanes of at least 4 members (excludes halogenated alkanes) is 13. The lowest BCUT2D eigenvalue weighted by Crippen LogP contribution is -2.52. The van der Waals surface area contributed by atoms with Crippen LogP contribution in [0, 0.1) is 11.3 Å². The molecule has 304 valence electrons. The normalized spacial score (nSPS) is 27.5. The molecular weight excluding hydrogens is 687 g/mol. The van der Waals surface area contributed by atoms with Crippen LogP contribution in [0.4, 0.5) is 0 Å². The average molecular weight is 768 g/mol. The van der Waals surface area contributed by atoms with Gasteiger partial charge in [-0.05, 0) is 127 Å². The highest BCUT2D eigenvalue weighted by atomic mass is 32.2. The Morgan fingerprint density at radius 3 is 1.96 bits per heavy atom. The molecule has 4 fully saturated rings. The molecule has 3 aliphatic carbocycles. The van der Waals surface area contributed by atoms with Crippen LogP contribution in [0.3, 0.4) is 0 Å². The Balaban J connectivity index is 1.72. The molecule has 2 unspecified atom stereocenters. The molecule has 4 aliphatic rings. The van der Waals surface area contributed by atoms with E-state index >= 15 is 0 Å². The van der Waals surface area contributed by atoms with Crippen molar-refractivity contribution in [2.24, 2.45) is 11.3 Å². The van der Waals surface area contributed by atoms with Crippen LogP contribution in [-0.2, 0) is 19.1 Å². The minimum absolute atomic E-state index is 0.0217. The van der Waals surface area contributed by atoms with Crippen molar-refractivity contribution < 1.29 is 24.2 Å². The van der Waals surface area contributed by atoms with E-state index < -0.39 is 0 Å². The van der Waals surface area contributed by atoms with Crippen LogP contribution in [0.2, 0.25) is 0 Å². The van der Waals surface area contributed by atoms with Gasteiger partial charge in [-0.2, -0.15) is 0 Å². The van der Waals surface area contributed by atoms with Gasteiger partial charge in [0.1, 0.15) is 0 Å². The summed E-state index contributed by atoms with van der Waals surface area (Å²) in [5.41, 5.74) is 0.0643. The maximum atomic E-state index is 13.5. The van der Waals surface area contributed by atoms with E-state index in [0.717, 1.165) is 83.8 Å². The van der Waals surface area contributed by atoms with Crippen LogP contribution >= 0.6 is 23.5 Å². The van der Waals surface area contributed by atoms with Crippen molar-refractivity contribution in [1.29, 1.82) is 0 Å². The average Bonchev–Trinajstić information content (AvgIpc) is 3.13. The van der Waals surface area contributed by atoms with Crippen molar-refractivity contribution >= 4 is 35.5 Å². The zero-order valence-corrected chi connectivity index (χ0v) is 35.6. The van der Waals surface area contributed by atoms with Crippen LogP contribution in [0.1, 0.15) is 200 Å². The first-order valence-corrected chi connectivity index (χ1v) is 24.3. The fourth-order valence-electron chi connectivity index (χ4n) is 9.23. The maximum Gasteiger partial charge on any atom is 0.306 e. The summed E-state index contributed by atoms with van der Waals surface area (Å²) in [4.78, 5) is 29.1. The SMILES string of the molecule is CCCCCCCCCSC1CCC(=O)OCCCCN(CCCCO)CCCCOC(=O)CC23CCC(CC2)C(CCCCCCCCC)(C3)S1. The molecule has 0 radical (unpaired) electrons. The Kier molecular flexibility index (Phi) is 24.8. The number of hydrogen-bond donors (Lipinski definition) is 1. The van der Waals surface area contributed by atoms with Crippen LogP contribution in [-0.4, -0.2) is 76.5 Å². The molecule has 1 aliphatic heterocycles. The van der Waals surface area contributed by atoms with Gasteiger partial charge in [-0.25, -0.2) is 0 Å². The molecule has 1 heterocycles. The molecule has 3 bridgehead atoms. The summed E-state index contributed by atoms with van der Waals surface area (Å²) in [7, 11) is 0. The number of carbonyl (C=O) groups is 2. The Labute approximate surface area is 329 Å². The highest BCUT2D eigenvalue weighted by Crippen LogP contribution is 2.64. The van der Waals surface area contributed by atoms with E-state index in [1.54, 1.807) is 0 Å². The van der Waals surface area contributed by atoms with E-state index in [-0.39, 0.29) is 28.7 Å². The molecule has 2 atom stereocenters. The van der Waals surface area contributed by atoms with Crippen LogP contribution in [0.15, 0.2) is 0 Å². The van der Waals surface area contributed by atoms with Crippen LogP contribution in [0.25, 0.3) is 0 Å². The van der Waals surface area contributed by atoms with Gasteiger partial charge in [-0.1, -0.05) is 97.3 Å². The van der Waals surface area contributed by atoms with Gasteiger partial charge in [0.15, 0.2) is 0 Å². The highest BCUT2D eigenvalue weighted by Gasteiger charge is 2.55. The monoisotopic (exact) mass is 768 g/mol. The number of fused-ring (bicyclic) bond motifs is 2. The maximum absolute atomic E-state index is 13.5. The van der Waals surface area contributed by atoms with Gasteiger partial charge < -0.3 is 19.5 Å². The molecule has 0 aromatic rings. The van der Waals surface area contributed by atoms with E-state index in [9.17, 15) is 14.7 Å². The number of nitrogens with zero attached hydrogens (tertiary/aromatic N) is 1. The number of aliphatic hydroxyl groups is 1. The molecule has 3 saturated carbocycles. The number of esters is 2. The van der Waals surface area contributed by atoms with Gasteiger partial charge >= 0.3 is 11.9 Å². The fourth-order valence-corrected chi connectivity index (χ4v) is 13.1. The topological polar surface area (TPSA) is 76.1 Å². The van der Waals surface area contributed by atoms with E-state index in [1.165, 1.54) is 115 Å². The van der Waals surface area contributed by atoms with Crippen molar-refractivity contribution in [3.63, 3.8) is 0 Å². The summed E-state index contributed by atoms with van der Waals surface area (Å²) in [5.74, 6) is 1.88. The summed E-state index contributed by atoms with van der Waals surface area (Å²) in [5, 5.41) is 9.29. The predicted octanol–water partition coefficient (Wildman–Crippen LogP) is 11.9. The zero-order valence-electron chi connectivity index (χ0n) is 34.0. The smallest absolute Gasteiger partial charge is 0.306 e. The van der Waals surface area contributed by atoms with Gasteiger partial charge in [0.05, 0.1) is 24.2 Å². The first kappa shape index (κ1) is 45.9. The summed E-state index contributed by atoms with van der Waals surface area (Å²) in [6, 6.07) is 0. The van der Waals surface area contributed by atoms with E-state index in [4.69, 9.17) is 9.47 Å². The van der Waals surface area contributed by atoms with Crippen molar-refractivity contribution in [3.8, 4) is 0 Å². The van der Waals surface area contributed by atoms with Gasteiger partial charge in [0, 0.05) is 17.8 Å². The van der Waals surface area contributed by atoms with Crippen molar-refractivity contribution in [2.45, 2.75) is 209 Å². The van der Waals surface area contributed by atoms with E-state index in [1.807, 2.05) is 0 Å². The number of ether oxygens (including phenoxy) is 2. The molecule has 1 N–H and O–H groups in total. The molecule has 6 nitrogen and oxygen atoms in total.